The standard InChI is InChI=1S/C20H30N2O3/c1-5-6-7-8-15(3)21-20(24)16-12-19(23)22(13-16)17-11-14(2)9-10-18(17)25-4/h9-11,15-16H,5-8,12-13H2,1-4H3,(H,21,24). The third-order valence-corrected chi connectivity index (χ3v) is 4.75. The second kappa shape index (κ2) is 8.88. The van der Waals surface area contributed by atoms with Gasteiger partial charge >= 0.3 is 0 Å². The normalized spacial score (nSPS) is 18.3. The van der Waals surface area contributed by atoms with Crippen LogP contribution in [-0.4, -0.2) is 31.5 Å². The topological polar surface area (TPSA) is 58.6 Å². The molecule has 0 saturated carbocycles. The van der Waals surface area contributed by atoms with Gasteiger partial charge in [-0.15, -0.1) is 0 Å². The summed E-state index contributed by atoms with van der Waals surface area (Å²) in [5, 5.41) is 3.06. The third-order valence-electron chi connectivity index (χ3n) is 4.75. The number of carbonyl (C=O) groups excluding carboxylic acids is 2. The van der Waals surface area contributed by atoms with Crippen molar-refractivity contribution in [2.45, 2.75) is 58.9 Å². The Hall–Kier alpha value is -2.04. The van der Waals surface area contributed by atoms with Crippen LogP contribution in [0.15, 0.2) is 18.2 Å². The highest BCUT2D eigenvalue weighted by atomic mass is 16.5. The number of methoxy groups -OCH3 is 1. The van der Waals surface area contributed by atoms with Crippen molar-refractivity contribution in [3.63, 3.8) is 0 Å². The van der Waals surface area contributed by atoms with Gasteiger partial charge in [0.15, 0.2) is 0 Å². The van der Waals surface area contributed by atoms with Crippen molar-refractivity contribution in [2.24, 2.45) is 5.92 Å². The molecule has 1 aliphatic rings. The molecule has 138 valence electrons. The molecule has 1 aromatic rings. The number of hydrogen-bond acceptors (Lipinski definition) is 3. The Bertz CT molecular complexity index is 615. The molecule has 0 aliphatic carbocycles. The largest absolute Gasteiger partial charge is 0.495 e. The molecule has 25 heavy (non-hydrogen) atoms. The van der Waals surface area contributed by atoms with E-state index in [1.54, 1.807) is 12.0 Å². The first-order chi connectivity index (χ1) is 12.0. The first-order valence-electron chi connectivity index (χ1n) is 9.21. The molecule has 0 radical (unpaired) electrons. The molecule has 1 aliphatic heterocycles. The molecule has 5 heteroatoms. The molecule has 0 aromatic heterocycles. The summed E-state index contributed by atoms with van der Waals surface area (Å²) >= 11 is 0. The number of unbranched alkanes of at least 4 members (excludes halogenated alkanes) is 2. The van der Waals surface area contributed by atoms with E-state index >= 15 is 0 Å². The van der Waals surface area contributed by atoms with Crippen molar-refractivity contribution in [2.75, 3.05) is 18.6 Å². The Balaban J connectivity index is 2.00. The molecule has 1 saturated heterocycles. The maximum absolute atomic E-state index is 12.5. The average Bonchev–Trinajstić information content (AvgIpc) is 2.97. The summed E-state index contributed by atoms with van der Waals surface area (Å²) < 4.78 is 5.38. The van der Waals surface area contributed by atoms with Crippen LogP contribution in [0, 0.1) is 12.8 Å². The number of anilines is 1. The summed E-state index contributed by atoms with van der Waals surface area (Å²) in [5.41, 5.74) is 1.81. The second-order valence-corrected chi connectivity index (χ2v) is 6.99. The van der Waals surface area contributed by atoms with Gasteiger partial charge in [0.25, 0.3) is 0 Å². The minimum absolute atomic E-state index is 0.0218. The number of carbonyl (C=O) groups is 2. The van der Waals surface area contributed by atoms with Crippen LogP contribution in [0.5, 0.6) is 5.75 Å². The Morgan fingerprint density at radius 3 is 2.84 bits per heavy atom. The predicted molar refractivity (Wildman–Crippen MR) is 99.9 cm³/mol. The van der Waals surface area contributed by atoms with Gasteiger partial charge < -0.3 is 15.0 Å². The molecule has 5 nitrogen and oxygen atoms in total. The lowest BCUT2D eigenvalue weighted by Gasteiger charge is -2.21. The zero-order valence-electron chi connectivity index (χ0n) is 15.8. The highest BCUT2D eigenvalue weighted by Gasteiger charge is 2.36. The molecule has 2 amide bonds. The molecule has 1 N–H and O–H groups in total. The van der Waals surface area contributed by atoms with E-state index in [2.05, 4.69) is 12.2 Å². The third kappa shape index (κ3) is 4.97. The van der Waals surface area contributed by atoms with E-state index in [9.17, 15) is 9.59 Å². The number of aryl methyl sites for hydroxylation is 1. The highest BCUT2D eigenvalue weighted by molar-refractivity contribution is 6.01. The summed E-state index contributed by atoms with van der Waals surface area (Å²) in [7, 11) is 1.59. The van der Waals surface area contributed by atoms with Crippen molar-refractivity contribution in [3.8, 4) is 5.75 Å². The lowest BCUT2D eigenvalue weighted by molar-refractivity contribution is -0.126. The molecule has 1 fully saturated rings. The number of benzene rings is 1. The van der Waals surface area contributed by atoms with Crippen LogP contribution in [0.1, 0.15) is 51.5 Å². The summed E-state index contributed by atoms with van der Waals surface area (Å²) in [6.07, 6.45) is 4.71. The molecule has 1 heterocycles. The van der Waals surface area contributed by atoms with E-state index in [1.807, 2.05) is 32.0 Å². The highest BCUT2D eigenvalue weighted by Crippen LogP contribution is 2.34. The lowest BCUT2D eigenvalue weighted by atomic mass is 10.1. The van der Waals surface area contributed by atoms with Crippen molar-refractivity contribution >= 4 is 17.5 Å². The molecule has 0 bridgehead atoms. The van der Waals surface area contributed by atoms with Crippen LogP contribution in [-0.2, 0) is 9.59 Å². The first kappa shape index (κ1) is 19.3. The molecule has 0 spiro atoms. The van der Waals surface area contributed by atoms with Gasteiger partial charge in [-0.1, -0.05) is 32.3 Å². The Morgan fingerprint density at radius 2 is 2.16 bits per heavy atom. The van der Waals surface area contributed by atoms with Gasteiger partial charge in [0.2, 0.25) is 11.8 Å². The Labute approximate surface area is 150 Å². The van der Waals surface area contributed by atoms with Crippen molar-refractivity contribution in [3.05, 3.63) is 23.8 Å². The second-order valence-electron chi connectivity index (χ2n) is 6.99. The fourth-order valence-electron chi connectivity index (χ4n) is 3.26. The van der Waals surface area contributed by atoms with Crippen molar-refractivity contribution in [1.29, 1.82) is 0 Å². The van der Waals surface area contributed by atoms with Gasteiger partial charge in [-0.25, -0.2) is 0 Å². The number of nitrogens with zero attached hydrogens (tertiary/aromatic N) is 1. The number of nitrogens with one attached hydrogen (secondary N) is 1. The maximum atomic E-state index is 12.5. The first-order valence-corrected chi connectivity index (χ1v) is 9.21. The fourth-order valence-corrected chi connectivity index (χ4v) is 3.26. The Morgan fingerprint density at radius 1 is 1.40 bits per heavy atom. The van der Waals surface area contributed by atoms with E-state index < -0.39 is 0 Å². The minimum atomic E-state index is -0.300. The number of hydrogen-bond donors (Lipinski definition) is 1. The van der Waals surface area contributed by atoms with Gasteiger partial charge in [0, 0.05) is 19.0 Å². The smallest absolute Gasteiger partial charge is 0.227 e. The summed E-state index contributed by atoms with van der Waals surface area (Å²) in [4.78, 5) is 26.6. The van der Waals surface area contributed by atoms with Crippen LogP contribution in [0.2, 0.25) is 0 Å². The molecular weight excluding hydrogens is 316 g/mol. The monoisotopic (exact) mass is 346 g/mol. The zero-order chi connectivity index (χ0) is 18.4. The van der Waals surface area contributed by atoms with Gasteiger partial charge in [0.05, 0.1) is 18.7 Å². The molecular formula is C20H30N2O3. The van der Waals surface area contributed by atoms with E-state index in [-0.39, 0.29) is 30.2 Å². The van der Waals surface area contributed by atoms with E-state index in [0.717, 1.165) is 24.1 Å². The van der Waals surface area contributed by atoms with Crippen LogP contribution < -0.4 is 15.0 Å². The van der Waals surface area contributed by atoms with Crippen molar-refractivity contribution < 1.29 is 14.3 Å². The fraction of sp³-hybridized carbons (Fsp3) is 0.600. The van der Waals surface area contributed by atoms with Crippen LogP contribution in [0.4, 0.5) is 5.69 Å². The number of amides is 2. The van der Waals surface area contributed by atoms with Crippen LogP contribution in [0.3, 0.4) is 0 Å². The molecule has 2 atom stereocenters. The SMILES string of the molecule is CCCCCC(C)NC(=O)C1CC(=O)N(c2cc(C)ccc2OC)C1. The lowest BCUT2D eigenvalue weighted by Crippen LogP contribution is -2.38. The summed E-state index contributed by atoms with van der Waals surface area (Å²) in [5.74, 6) is 0.313. The van der Waals surface area contributed by atoms with E-state index in [1.165, 1.54) is 12.8 Å². The van der Waals surface area contributed by atoms with E-state index in [4.69, 9.17) is 4.74 Å². The van der Waals surface area contributed by atoms with Crippen LogP contribution in [0.25, 0.3) is 0 Å². The molecule has 2 unspecified atom stereocenters. The predicted octanol–water partition coefficient (Wildman–Crippen LogP) is 3.44. The van der Waals surface area contributed by atoms with Crippen molar-refractivity contribution in [1.82, 2.24) is 5.32 Å². The van der Waals surface area contributed by atoms with Crippen LogP contribution >= 0.6 is 0 Å². The number of rotatable bonds is 8. The average molecular weight is 346 g/mol. The molecule has 2 rings (SSSR count). The van der Waals surface area contributed by atoms with E-state index in [0.29, 0.717) is 12.3 Å². The van der Waals surface area contributed by atoms with Gasteiger partial charge in [0.1, 0.15) is 5.75 Å². The minimum Gasteiger partial charge on any atom is -0.495 e. The maximum Gasteiger partial charge on any atom is 0.227 e. The van der Waals surface area contributed by atoms with Gasteiger partial charge in [-0.05, 0) is 38.0 Å². The summed E-state index contributed by atoms with van der Waals surface area (Å²) in [6.45, 7) is 6.59. The summed E-state index contributed by atoms with van der Waals surface area (Å²) in [6, 6.07) is 5.90. The Kier molecular flexibility index (Phi) is 6.85. The zero-order valence-corrected chi connectivity index (χ0v) is 15.8. The van der Waals surface area contributed by atoms with Gasteiger partial charge in [-0.2, -0.15) is 0 Å². The molecule has 1 aromatic carbocycles. The quantitative estimate of drug-likeness (QED) is 0.734. The van der Waals surface area contributed by atoms with Gasteiger partial charge in [-0.3, -0.25) is 9.59 Å². The number of ether oxygens (including phenoxy) is 1.